The predicted molar refractivity (Wildman–Crippen MR) is 56.1 cm³/mol. The van der Waals surface area contributed by atoms with Crippen molar-refractivity contribution in [2.45, 2.75) is 0 Å². The van der Waals surface area contributed by atoms with Gasteiger partial charge in [0.15, 0.2) is 0 Å². The van der Waals surface area contributed by atoms with E-state index in [9.17, 15) is 0 Å². The molecule has 0 spiro atoms. The first-order valence-electron chi connectivity index (χ1n) is 3.02. The summed E-state index contributed by atoms with van der Waals surface area (Å²) < 4.78 is 3.55. The summed E-state index contributed by atoms with van der Waals surface area (Å²) in [7, 11) is 0. The van der Waals surface area contributed by atoms with Crippen LogP contribution in [0, 0.1) is 6.07 Å². The molecule has 55 valence electrons. The molecule has 0 aliphatic heterocycles. The highest BCUT2D eigenvalue weighted by Gasteiger charge is 2.04. The third kappa shape index (κ3) is 1.25. The lowest BCUT2D eigenvalue weighted by Crippen LogP contribution is -1.61. The van der Waals surface area contributed by atoms with Gasteiger partial charge in [0, 0.05) is 10.1 Å². The highest BCUT2D eigenvalue weighted by Crippen LogP contribution is 2.38. The Morgan fingerprint density at radius 3 is 2.91 bits per heavy atom. The Kier molecular flexibility index (Phi) is 2.04. The maximum atomic E-state index is 3.50. The fraction of sp³-hybridized carbons (Fsp3) is 0. The van der Waals surface area contributed by atoms with Crippen molar-refractivity contribution in [3.63, 3.8) is 0 Å². The van der Waals surface area contributed by atoms with Gasteiger partial charge >= 0.3 is 0 Å². The van der Waals surface area contributed by atoms with E-state index in [1.165, 1.54) is 10.1 Å². The average Bonchev–Trinajstić information content (AvgIpc) is 2.30. The summed E-state index contributed by atoms with van der Waals surface area (Å²) in [5.74, 6) is 0. The number of thiophene rings is 1. The Morgan fingerprint density at radius 1 is 1.36 bits per heavy atom. The molecule has 2 aromatic rings. The molecule has 3 heteroatoms. The van der Waals surface area contributed by atoms with Crippen molar-refractivity contribution in [2.75, 3.05) is 0 Å². The molecule has 1 aromatic heterocycles. The number of fused-ring (bicyclic) bond motifs is 1. The van der Waals surface area contributed by atoms with Crippen LogP contribution in [0.15, 0.2) is 26.5 Å². The topological polar surface area (TPSA) is 0 Å². The lowest BCUT2D eigenvalue weighted by atomic mass is 10.3. The van der Waals surface area contributed by atoms with E-state index in [1.54, 1.807) is 11.3 Å². The quantitative estimate of drug-likeness (QED) is 0.681. The summed E-state index contributed by atoms with van der Waals surface area (Å²) in [5, 5.41) is 1.25. The lowest BCUT2D eigenvalue weighted by molar-refractivity contribution is 1.80. The van der Waals surface area contributed by atoms with Gasteiger partial charge < -0.3 is 0 Å². The van der Waals surface area contributed by atoms with Crippen LogP contribution in [0.1, 0.15) is 0 Å². The molecule has 0 saturated carbocycles. The van der Waals surface area contributed by atoms with Crippen molar-refractivity contribution in [2.24, 2.45) is 0 Å². The van der Waals surface area contributed by atoms with Gasteiger partial charge in [-0.15, -0.1) is 11.3 Å². The smallest absolute Gasteiger partial charge is 0.0853 e. The van der Waals surface area contributed by atoms with Gasteiger partial charge in [-0.2, -0.15) is 0 Å². The molecule has 11 heavy (non-hydrogen) atoms. The molecule has 0 saturated heterocycles. The van der Waals surface area contributed by atoms with Crippen LogP contribution in [0.25, 0.3) is 10.1 Å². The summed E-state index contributed by atoms with van der Waals surface area (Å²) >= 11 is 8.68. The molecule has 0 N–H and O–H groups in total. The number of benzene rings is 1. The lowest BCUT2D eigenvalue weighted by Gasteiger charge is -1.85. The third-order valence-electron chi connectivity index (χ3n) is 1.43. The molecule has 2 rings (SSSR count). The SMILES string of the molecule is Brc1sc2c[c]ccc2c1Br. The zero-order valence-electron chi connectivity index (χ0n) is 5.40. The molecule has 0 bridgehead atoms. The summed E-state index contributed by atoms with van der Waals surface area (Å²) in [5.41, 5.74) is 0. The Balaban J connectivity index is 2.92. The van der Waals surface area contributed by atoms with E-state index in [-0.39, 0.29) is 0 Å². The second-order valence-corrected chi connectivity index (χ2v) is 5.28. The van der Waals surface area contributed by atoms with E-state index in [0.29, 0.717) is 0 Å². The van der Waals surface area contributed by atoms with E-state index in [1.807, 2.05) is 12.1 Å². The number of hydrogen-bond acceptors (Lipinski definition) is 1. The van der Waals surface area contributed by atoms with Gasteiger partial charge in [-0.25, -0.2) is 0 Å². The fourth-order valence-electron chi connectivity index (χ4n) is 0.928. The van der Waals surface area contributed by atoms with E-state index in [0.717, 1.165) is 8.26 Å². The van der Waals surface area contributed by atoms with E-state index in [2.05, 4.69) is 44.0 Å². The molecule has 0 atom stereocenters. The molecule has 1 radical (unpaired) electrons. The second-order valence-electron chi connectivity index (χ2n) is 2.11. The van der Waals surface area contributed by atoms with Crippen LogP contribution in [0.3, 0.4) is 0 Å². The Bertz CT molecular complexity index is 392. The molecule has 0 amide bonds. The maximum Gasteiger partial charge on any atom is 0.0853 e. The second kappa shape index (κ2) is 2.88. The molecule has 0 aliphatic carbocycles. The van der Waals surface area contributed by atoms with Crippen molar-refractivity contribution in [3.05, 3.63) is 32.5 Å². The molecular weight excluding hydrogens is 288 g/mol. The van der Waals surface area contributed by atoms with Gasteiger partial charge in [0.25, 0.3) is 0 Å². The monoisotopic (exact) mass is 289 g/mol. The predicted octanol–water partition coefficient (Wildman–Crippen LogP) is 4.23. The minimum atomic E-state index is 1.14. The van der Waals surface area contributed by atoms with Crippen LogP contribution in [0.5, 0.6) is 0 Å². The standard InChI is InChI=1S/C8H3Br2S/c9-7-5-3-1-2-4-6(5)11-8(7)10/h1,3-4H. The highest BCUT2D eigenvalue weighted by molar-refractivity contribution is 9.13. The van der Waals surface area contributed by atoms with Gasteiger partial charge in [-0.05, 0) is 44.0 Å². The highest BCUT2D eigenvalue weighted by atomic mass is 79.9. The summed E-state index contributed by atoms with van der Waals surface area (Å²) in [6, 6.07) is 9.02. The fourth-order valence-corrected chi connectivity index (χ4v) is 3.18. The minimum Gasteiger partial charge on any atom is -0.127 e. The first kappa shape index (κ1) is 7.77. The Hall–Kier alpha value is 0.140. The number of hydrogen-bond donors (Lipinski definition) is 0. The van der Waals surface area contributed by atoms with Crippen molar-refractivity contribution < 1.29 is 0 Å². The maximum absolute atomic E-state index is 3.50. The van der Waals surface area contributed by atoms with Crippen LogP contribution < -0.4 is 0 Å². The number of halogens is 2. The van der Waals surface area contributed by atoms with Gasteiger partial charge in [-0.3, -0.25) is 0 Å². The minimum absolute atomic E-state index is 1.14. The molecular formula is C8H3Br2S. The van der Waals surface area contributed by atoms with Crippen LogP contribution in [0.4, 0.5) is 0 Å². The van der Waals surface area contributed by atoms with Crippen molar-refractivity contribution in [3.8, 4) is 0 Å². The Morgan fingerprint density at radius 2 is 2.18 bits per heavy atom. The molecule has 0 fully saturated rings. The van der Waals surface area contributed by atoms with Gasteiger partial charge in [-0.1, -0.05) is 12.1 Å². The van der Waals surface area contributed by atoms with Gasteiger partial charge in [0.2, 0.25) is 0 Å². The van der Waals surface area contributed by atoms with Crippen LogP contribution >= 0.6 is 43.2 Å². The summed E-state index contributed by atoms with van der Waals surface area (Å²) in [6.07, 6.45) is 0. The normalized spacial score (nSPS) is 10.7. The molecule has 1 aromatic carbocycles. The van der Waals surface area contributed by atoms with Crippen molar-refractivity contribution >= 4 is 53.3 Å². The van der Waals surface area contributed by atoms with E-state index in [4.69, 9.17) is 0 Å². The molecule has 0 nitrogen and oxygen atoms in total. The van der Waals surface area contributed by atoms with E-state index < -0.39 is 0 Å². The van der Waals surface area contributed by atoms with Crippen LogP contribution in [-0.2, 0) is 0 Å². The summed E-state index contributed by atoms with van der Waals surface area (Å²) in [6.45, 7) is 0. The number of rotatable bonds is 0. The zero-order chi connectivity index (χ0) is 7.84. The van der Waals surface area contributed by atoms with Crippen LogP contribution in [-0.4, -0.2) is 0 Å². The van der Waals surface area contributed by atoms with Crippen LogP contribution in [0.2, 0.25) is 0 Å². The van der Waals surface area contributed by atoms with Gasteiger partial charge in [0.05, 0.1) is 8.26 Å². The molecule has 1 heterocycles. The van der Waals surface area contributed by atoms with Gasteiger partial charge in [0.1, 0.15) is 0 Å². The van der Waals surface area contributed by atoms with E-state index >= 15 is 0 Å². The third-order valence-corrected chi connectivity index (χ3v) is 4.88. The Labute approximate surface area is 85.5 Å². The largest absolute Gasteiger partial charge is 0.127 e. The zero-order valence-corrected chi connectivity index (χ0v) is 9.38. The first-order chi connectivity index (χ1) is 5.29. The molecule has 0 unspecified atom stereocenters. The average molecular weight is 291 g/mol. The first-order valence-corrected chi connectivity index (χ1v) is 5.43. The van der Waals surface area contributed by atoms with Crippen molar-refractivity contribution in [1.29, 1.82) is 0 Å². The van der Waals surface area contributed by atoms with Crippen molar-refractivity contribution in [1.82, 2.24) is 0 Å². The summed E-state index contributed by atoms with van der Waals surface area (Å²) in [4.78, 5) is 0. The molecule has 0 aliphatic rings.